The van der Waals surface area contributed by atoms with E-state index in [1.165, 1.54) is 17.3 Å². The van der Waals surface area contributed by atoms with Crippen LogP contribution < -0.4 is 10.1 Å². The Hall–Kier alpha value is -2.87. The minimum Gasteiger partial charge on any atom is -0.486 e. The van der Waals surface area contributed by atoms with Gasteiger partial charge in [0.2, 0.25) is 5.91 Å². The number of pyridine rings is 1. The van der Waals surface area contributed by atoms with E-state index in [9.17, 15) is 4.79 Å². The number of ether oxygens (including phenoxy) is 1. The van der Waals surface area contributed by atoms with Crippen LogP contribution in [0.3, 0.4) is 0 Å². The molecule has 2 heterocycles. The van der Waals surface area contributed by atoms with E-state index in [1.54, 1.807) is 6.20 Å². The molecule has 0 radical (unpaired) electrons. The Morgan fingerprint density at radius 2 is 1.97 bits per heavy atom. The fraction of sp³-hybridized carbons (Fsp3) is 0.391. The number of amides is 1. The fourth-order valence-electron chi connectivity index (χ4n) is 2.92. The molecule has 164 valence electrons. The Labute approximate surface area is 187 Å². The molecule has 7 nitrogen and oxygen atoms in total. The average Bonchev–Trinajstić information content (AvgIpc) is 3.16. The molecule has 0 unspecified atom stereocenters. The predicted octanol–water partition coefficient (Wildman–Crippen LogP) is 3.88. The maximum Gasteiger partial charge on any atom is 0.230 e. The Balaban J connectivity index is 1.57. The zero-order chi connectivity index (χ0) is 22.1. The van der Waals surface area contributed by atoms with E-state index in [2.05, 4.69) is 53.4 Å². The molecule has 0 saturated carbocycles. The number of hydrogen-bond acceptors (Lipinski definition) is 6. The first-order valence-electron chi connectivity index (χ1n) is 10.5. The number of thioether (sulfide) groups is 1. The van der Waals surface area contributed by atoms with E-state index in [0.29, 0.717) is 19.1 Å². The number of aryl methyl sites for hydroxylation is 1. The standard InChI is InChI=1S/C23H29N5O2S/c1-4-18-8-10-20(11-9-18)30-15-21-26-27-23(28(21)14-17(2)3)31-16-22(29)25-13-19-7-5-6-12-24-19/h5-12,17H,4,13-16H2,1-3H3,(H,25,29). The monoisotopic (exact) mass is 439 g/mol. The molecule has 2 aromatic heterocycles. The number of benzene rings is 1. The van der Waals surface area contributed by atoms with Crippen LogP contribution in [0.15, 0.2) is 53.8 Å². The number of nitrogens with one attached hydrogen (secondary N) is 1. The van der Waals surface area contributed by atoms with Crippen molar-refractivity contribution in [3.05, 3.63) is 65.7 Å². The van der Waals surface area contributed by atoms with Gasteiger partial charge in [0.05, 0.1) is 18.0 Å². The number of hydrogen-bond donors (Lipinski definition) is 1. The van der Waals surface area contributed by atoms with Crippen LogP contribution in [-0.2, 0) is 30.9 Å². The second-order valence-electron chi connectivity index (χ2n) is 7.58. The van der Waals surface area contributed by atoms with E-state index >= 15 is 0 Å². The molecule has 0 bridgehead atoms. The molecule has 0 aliphatic carbocycles. The zero-order valence-electron chi connectivity index (χ0n) is 18.2. The first-order valence-corrected chi connectivity index (χ1v) is 11.5. The van der Waals surface area contributed by atoms with Gasteiger partial charge in [-0.3, -0.25) is 9.78 Å². The third-order valence-corrected chi connectivity index (χ3v) is 5.53. The van der Waals surface area contributed by atoms with Crippen LogP contribution in [0.1, 0.15) is 37.9 Å². The summed E-state index contributed by atoms with van der Waals surface area (Å²) < 4.78 is 7.96. The molecule has 0 saturated heterocycles. The highest BCUT2D eigenvalue weighted by molar-refractivity contribution is 7.99. The average molecular weight is 440 g/mol. The highest BCUT2D eigenvalue weighted by atomic mass is 32.2. The molecule has 1 N–H and O–H groups in total. The van der Waals surface area contributed by atoms with Gasteiger partial charge < -0.3 is 14.6 Å². The van der Waals surface area contributed by atoms with Gasteiger partial charge in [0.1, 0.15) is 12.4 Å². The van der Waals surface area contributed by atoms with Crippen molar-refractivity contribution in [2.45, 2.75) is 52.0 Å². The summed E-state index contributed by atoms with van der Waals surface area (Å²) in [6.07, 6.45) is 2.71. The highest BCUT2D eigenvalue weighted by Gasteiger charge is 2.16. The maximum atomic E-state index is 12.3. The lowest BCUT2D eigenvalue weighted by atomic mass is 10.2. The van der Waals surface area contributed by atoms with Crippen molar-refractivity contribution in [1.29, 1.82) is 0 Å². The van der Waals surface area contributed by atoms with Gasteiger partial charge in [-0.25, -0.2) is 0 Å². The molecule has 31 heavy (non-hydrogen) atoms. The van der Waals surface area contributed by atoms with Crippen molar-refractivity contribution in [2.24, 2.45) is 5.92 Å². The first-order chi connectivity index (χ1) is 15.0. The number of rotatable bonds is 11. The SMILES string of the molecule is CCc1ccc(OCc2nnc(SCC(=O)NCc3ccccn3)n2CC(C)C)cc1. The van der Waals surface area contributed by atoms with Gasteiger partial charge in [-0.2, -0.15) is 0 Å². The molecule has 0 fully saturated rings. The van der Waals surface area contributed by atoms with Crippen LogP contribution in [0.25, 0.3) is 0 Å². The van der Waals surface area contributed by atoms with Gasteiger partial charge >= 0.3 is 0 Å². The van der Waals surface area contributed by atoms with Crippen LogP contribution in [-0.4, -0.2) is 31.4 Å². The van der Waals surface area contributed by atoms with Gasteiger partial charge in [-0.15, -0.1) is 10.2 Å². The lowest BCUT2D eigenvalue weighted by molar-refractivity contribution is -0.118. The van der Waals surface area contributed by atoms with Crippen LogP contribution in [0.2, 0.25) is 0 Å². The van der Waals surface area contributed by atoms with Crippen LogP contribution in [0, 0.1) is 5.92 Å². The quantitative estimate of drug-likeness (QED) is 0.457. The molecule has 1 amide bonds. The summed E-state index contributed by atoms with van der Waals surface area (Å²) in [5, 5.41) is 12.2. The van der Waals surface area contributed by atoms with Gasteiger partial charge in [-0.1, -0.05) is 50.7 Å². The third-order valence-electron chi connectivity index (χ3n) is 4.57. The van der Waals surface area contributed by atoms with E-state index in [-0.39, 0.29) is 11.7 Å². The summed E-state index contributed by atoms with van der Waals surface area (Å²) in [4.78, 5) is 16.5. The van der Waals surface area contributed by atoms with Crippen molar-refractivity contribution in [3.8, 4) is 5.75 Å². The molecule has 3 rings (SSSR count). The molecule has 0 aliphatic heterocycles. The molecular formula is C23H29N5O2S. The molecule has 3 aromatic rings. The third kappa shape index (κ3) is 7.10. The maximum absolute atomic E-state index is 12.3. The van der Waals surface area contributed by atoms with Crippen molar-refractivity contribution in [3.63, 3.8) is 0 Å². The summed E-state index contributed by atoms with van der Waals surface area (Å²) in [5.74, 6) is 2.17. The number of nitrogens with zero attached hydrogens (tertiary/aromatic N) is 4. The van der Waals surface area contributed by atoms with E-state index < -0.39 is 0 Å². The predicted molar refractivity (Wildman–Crippen MR) is 122 cm³/mol. The van der Waals surface area contributed by atoms with Crippen LogP contribution in [0.5, 0.6) is 5.75 Å². The van der Waals surface area contributed by atoms with Gasteiger partial charge in [0.25, 0.3) is 0 Å². The summed E-state index contributed by atoms with van der Waals surface area (Å²) in [6, 6.07) is 13.7. The largest absolute Gasteiger partial charge is 0.486 e. The van der Waals surface area contributed by atoms with Crippen LogP contribution in [0.4, 0.5) is 0 Å². The smallest absolute Gasteiger partial charge is 0.230 e. The lowest BCUT2D eigenvalue weighted by Crippen LogP contribution is -2.25. The van der Waals surface area contributed by atoms with Crippen molar-refractivity contribution in [2.75, 3.05) is 5.75 Å². The van der Waals surface area contributed by atoms with E-state index in [4.69, 9.17) is 4.74 Å². The molecule has 0 spiro atoms. The van der Waals surface area contributed by atoms with Crippen molar-refractivity contribution >= 4 is 17.7 Å². The molecule has 8 heteroatoms. The van der Waals surface area contributed by atoms with Crippen molar-refractivity contribution < 1.29 is 9.53 Å². The Morgan fingerprint density at radius 1 is 1.16 bits per heavy atom. The fourth-order valence-corrected chi connectivity index (χ4v) is 3.72. The lowest BCUT2D eigenvalue weighted by Gasteiger charge is -2.13. The molecular weight excluding hydrogens is 410 g/mol. The van der Waals surface area contributed by atoms with Gasteiger partial charge in [0, 0.05) is 12.7 Å². The minimum absolute atomic E-state index is 0.0661. The number of aromatic nitrogens is 4. The first kappa shape index (κ1) is 22.8. The van der Waals surface area contributed by atoms with Crippen LogP contribution >= 0.6 is 11.8 Å². The van der Waals surface area contributed by atoms with Gasteiger partial charge in [-0.05, 0) is 42.2 Å². The topological polar surface area (TPSA) is 81.9 Å². The summed E-state index contributed by atoms with van der Waals surface area (Å²) in [5.41, 5.74) is 2.10. The highest BCUT2D eigenvalue weighted by Crippen LogP contribution is 2.20. The number of carbonyl (C=O) groups is 1. The van der Waals surface area contributed by atoms with E-state index in [0.717, 1.165) is 35.4 Å². The normalized spacial score (nSPS) is 11.0. The Morgan fingerprint density at radius 3 is 2.65 bits per heavy atom. The summed E-state index contributed by atoms with van der Waals surface area (Å²) in [6.45, 7) is 7.91. The molecule has 0 aliphatic rings. The summed E-state index contributed by atoms with van der Waals surface area (Å²) in [7, 11) is 0. The Kier molecular flexibility index (Phi) is 8.46. The van der Waals surface area contributed by atoms with Gasteiger partial charge in [0.15, 0.2) is 11.0 Å². The van der Waals surface area contributed by atoms with E-state index in [1.807, 2.05) is 34.9 Å². The second kappa shape index (κ2) is 11.5. The van der Waals surface area contributed by atoms with Crippen molar-refractivity contribution in [1.82, 2.24) is 25.1 Å². The Bertz CT molecular complexity index is 958. The number of carbonyl (C=O) groups excluding carboxylic acids is 1. The minimum atomic E-state index is -0.0661. The molecule has 1 aromatic carbocycles. The summed E-state index contributed by atoms with van der Waals surface area (Å²) >= 11 is 1.38. The zero-order valence-corrected chi connectivity index (χ0v) is 19.1. The second-order valence-corrected chi connectivity index (χ2v) is 8.52. The molecule has 0 atom stereocenters.